The molecule has 3 heteroatoms. The molecule has 1 unspecified atom stereocenters. The van der Waals surface area contributed by atoms with Crippen LogP contribution in [0, 0.1) is 23.2 Å². The molecular weight excluding hydrogens is 142 g/mol. The van der Waals surface area contributed by atoms with Crippen LogP contribution >= 0.6 is 0 Å². The van der Waals surface area contributed by atoms with Gasteiger partial charge in [0.25, 0.3) is 0 Å². The topological polar surface area (TPSA) is 50.1 Å². The molecule has 0 spiro atoms. The Labute approximate surface area is 66.0 Å². The van der Waals surface area contributed by atoms with E-state index in [1.165, 1.54) is 0 Å². The van der Waals surface area contributed by atoms with Crippen molar-refractivity contribution in [1.82, 2.24) is 0 Å². The summed E-state index contributed by atoms with van der Waals surface area (Å²) in [4.78, 5) is 11.0. The van der Waals surface area contributed by atoms with Gasteiger partial charge in [-0.1, -0.05) is 13.8 Å². The highest BCUT2D eigenvalue weighted by Crippen LogP contribution is 2.26. The van der Waals surface area contributed by atoms with Crippen LogP contribution in [0.3, 0.4) is 0 Å². The molecule has 0 aliphatic carbocycles. The fraction of sp³-hybridized carbons (Fsp3) is 0.750. The molecule has 0 aromatic rings. The third kappa shape index (κ3) is 1.51. The van der Waals surface area contributed by atoms with Crippen molar-refractivity contribution in [3.05, 3.63) is 0 Å². The van der Waals surface area contributed by atoms with Crippen LogP contribution in [0.5, 0.6) is 0 Å². The maximum atomic E-state index is 11.0. The molecule has 1 aliphatic heterocycles. The molecule has 1 fully saturated rings. The van der Waals surface area contributed by atoms with Crippen molar-refractivity contribution < 1.29 is 9.53 Å². The van der Waals surface area contributed by atoms with E-state index in [4.69, 9.17) is 10.00 Å². The predicted molar refractivity (Wildman–Crippen MR) is 38.4 cm³/mol. The van der Waals surface area contributed by atoms with Crippen LogP contribution in [0.25, 0.3) is 0 Å². The molecule has 3 nitrogen and oxygen atoms in total. The second-order valence-corrected chi connectivity index (χ2v) is 3.14. The maximum absolute atomic E-state index is 11.0. The Morgan fingerprint density at radius 3 is 2.64 bits per heavy atom. The van der Waals surface area contributed by atoms with Crippen LogP contribution in [0.2, 0.25) is 0 Å². The van der Waals surface area contributed by atoms with Crippen LogP contribution in [0.15, 0.2) is 0 Å². The molecule has 1 heterocycles. The average Bonchev–Trinajstić information content (AvgIpc) is 2.30. The molecule has 1 saturated heterocycles. The van der Waals surface area contributed by atoms with Crippen molar-refractivity contribution in [2.45, 2.75) is 26.4 Å². The molecule has 0 bridgehead atoms. The van der Waals surface area contributed by atoms with Gasteiger partial charge in [0, 0.05) is 6.42 Å². The lowest BCUT2D eigenvalue weighted by Gasteiger charge is -2.07. The summed E-state index contributed by atoms with van der Waals surface area (Å²) in [5, 5.41) is 8.46. The van der Waals surface area contributed by atoms with Crippen molar-refractivity contribution in [1.29, 1.82) is 5.26 Å². The molecule has 0 amide bonds. The van der Waals surface area contributed by atoms with Gasteiger partial charge in [-0.3, -0.25) is 4.79 Å². The first-order valence-corrected chi connectivity index (χ1v) is 3.75. The van der Waals surface area contributed by atoms with E-state index in [0.717, 1.165) is 0 Å². The predicted octanol–water partition coefficient (Wildman–Crippen LogP) is 1.10. The second kappa shape index (κ2) is 2.91. The molecule has 0 radical (unpaired) electrons. The minimum atomic E-state index is -0.505. The van der Waals surface area contributed by atoms with E-state index >= 15 is 0 Å². The monoisotopic (exact) mass is 153 g/mol. The van der Waals surface area contributed by atoms with Gasteiger partial charge in [-0.2, -0.15) is 5.26 Å². The van der Waals surface area contributed by atoms with Crippen molar-refractivity contribution in [3.63, 3.8) is 0 Å². The lowest BCUT2D eigenvalue weighted by atomic mass is 9.93. The highest BCUT2D eigenvalue weighted by atomic mass is 16.5. The lowest BCUT2D eigenvalue weighted by molar-refractivity contribution is -0.143. The van der Waals surface area contributed by atoms with Gasteiger partial charge < -0.3 is 4.74 Å². The fourth-order valence-electron chi connectivity index (χ4n) is 1.23. The van der Waals surface area contributed by atoms with Crippen LogP contribution in [-0.4, -0.2) is 12.1 Å². The first-order chi connectivity index (χ1) is 5.15. The Kier molecular flexibility index (Phi) is 2.13. The van der Waals surface area contributed by atoms with E-state index in [1.807, 2.05) is 19.9 Å². The number of esters is 1. The van der Waals surface area contributed by atoms with Gasteiger partial charge in [0.05, 0.1) is 5.92 Å². The molecule has 60 valence electrons. The molecule has 11 heavy (non-hydrogen) atoms. The number of carbonyl (C=O) groups is 1. The molecule has 0 aromatic heterocycles. The van der Waals surface area contributed by atoms with E-state index in [1.54, 1.807) is 0 Å². The summed E-state index contributed by atoms with van der Waals surface area (Å²) in [7, 11) is 0. The largest absolute Gasteiger partial charge is 0.447 e. The summed E-state index contributed by atoms with van der Waals surface area (Å²) in [6, 6.07) is 1.94. The quantitative estimate of drug-likeness (QED) is 0.530. The first-order valence-electron chi connectivity index (χ1n) is 3.75. The highest BCUT2D eigenvalue weighted by molar-refractivity contribution is 5.75. The zero-order valence-corrected chi connectivity index (χ0v) is 6.70. The maximum Gasteiger partial charge on any atom is 0.310 e. The standard InChI is InChI=1S/C8H11NO2/c1-5(2)7-3-6(4-9)11-8(7)10/h5-7H,3H2,1-2H3/t6?,7-/m0/s1. The third-order valence-corrected chi connectivity index (χ3v) is 1.98. The summed E-state index contributed by atoms with van der Waals surface area (Å²) in [6.45, 7) is 3.93. The molecule has 2 atom stereocenters. The zero-order chi connectivity index (χ0) is 8.43. The van der Waals surface area contributed by atoms with Crippen LogP contribution in [0.4, 0.5) is 0 Å². The van der Waals surface area contributed by atoms with Crippen LogP contribution in [-0.2, 0) is 9.53 Å². The van der Waals surface area contributed by atoms with Gasteiger partial charge >= 0.3 is 5.97 Å². The van der Waals surface area contributed by atoms with E-state index in [9.17, 15) is 4.79 Å². The molecule has 0 N–H and O–H groups in total. The minimum absolute atomic E-state index is 0.0698. The Balaban J connectivity index is 2.60. The molecule has 0 saturated carbocycles. The minimum Gasteiger partial charge on any atom is -0.447 e. The average molecular weight is 153 g/mol. The fourth-order valence-corrected chi connectivity index (χ4v) is 1.23. The first kappa shape index (κ1) is 8.06. The van der Waals surface area contributed by atoms with Crippen LogP contribution < -0.4 is 0 Å². The van der Waals surface area contributed by atoms with Gasteiger partial charge in [0.1, 0.15) is 6.07 Å². The van der Waals surface area contributed by atoms with E-state index in [0.29, 0.717) is 6.42 Å². The summed E-state index contributed by atoms with van der Waals surface area (Å²) >= 11 is 0. The second-order valence-electron chi connectivity index (χ2n) is 3.14. The molecular formula is C8H11NO2. The van der Waals surface area contributed by atoms with E-state index in [2.05, 4.69) is 0 Å². The third-order valence-electron chi connectivity index (χ3n) is 1.98. The van der Waals surface area contributed by atoms with Gasteiger partial charge in [0.2, 0.25) is 0 Å². The number of rotatable bonds is 1. The van der Waals surface area contributed by atoms with Gasteiger partial charge in [-0.05, 0) is 5.92 Å². The number of carbonyl (C=O) groups excluding carboxylic acids is 1. The molecule has 1 rings (SSSR count). The van der Waals surface area contributed by atoms with Crippen molar-refractivity contribution >= 4 is 5.97 Å². The Morgan fingerprint density at radius 1 is 1.73 bits per heavy atom. The van der Waals surface area contributed by atoms with Gasteiger partial charge in [-0.25, -0.2) is 0 Å². The summed E-state index contributed by atoms with van der Waals surface area (Å²) < 4.78 is 4.78. The lowest BCUT2D eigenvalue weighted by Crippen LogP contribution is -2.13. The Hall–Kier alpha value is -1.04. The smallest absolute Gasteiger partial charge is 0.310 e. The van der Waals surface area contributed by atoms with Crippen LogP contribution in [0.1, 0.15) is 20.3 Å². The molecule has 0 aromatic carbocycles. The highest BCUT2D eigenvalue weighted by Gasteiger charge is 2.36. The van der Waals surface area contributed by atoms with E-state index < -0.39 is 6.10 Å². The number of ether oxygens (including phenoxy) is 1. The van der Waals surface area contributed by atoms with Crippen molar-refractivity contribution in [2.24, 2.45) is 11.8 Å². The summed E-state index contributed by atoms with van der Waals surface area (Å²) in [6.07, 6.45) is 0.0578. The molecule has 1 aliphatic rings. The Morgan fingerprint density at radius 2 is 2.36 bits per heavy atom. The summed E-state index contributed by atoms with van der Waals surface area (Å²) in [5.41, 5.74) is 0. The Bertz CT molecular complexity index is 205. The van der Waals surface area contributed by atoms with Crippen molar-refractivity contribution in [3.8, 4) is 6.07 Å². The number of cyclic esters (lactones) is 1. The van der Waals surface area contributed by atoms with Gasteiger partial charge in [0.15, 0.2) is 6.10 Å². The number of nitrogens with zero attached hydrogens (tertiary/aromatic N) is 1. The van der Waals surface area contributed by atoms with Gasteiger partial charge in [-0.15, -0.1) is 0 Å². The SMILES string of the molecule is CC(C)[C@@H]1CC(C#N)OC1=O. The number of hydrogen-bond donors (Lipinski definition) is 0. The summed E-state index contributed by atoms with van der Waals surface area (Å²) in [5.74, 6) is -0.00736. The van der Waals surface area contributed by atoms with Crippen molar-refractivity contribution in [2.75, 3.05) is 0 Å². The number of nitriles is 1. The van der Waals surface area contributed by atoms with E-state index in [-0.39, 0.29) is 17.8 Å². The number of hydrogen-bond acceptors (Lipinski definition) is 3. The zero-order valence-electron chi connectivity index (χ0n) is 6.70. The normalized spacial score (nSPS) is 30.2.